The number of aromatic nitrogens is 3. The number of nitrogens with zero attached hydrogens (tertiary/aromatic N) is 4. The molecule has 25 heavy (non-hydrogen) atoms. The molecule has 1 aliphatic rings. The van der Waals surface area contributed by atoms with E-state index in [1.165, 1.54) is 5.56 Å². The van der Waals surface area contributed by atoms with Gasteiger partial charge in [-0.25, -0.2) is 0 Å². The lowest BCUT2D eigenvalue weighted by Gasteiger charge is -2.24. The van der Waals surface area contributed by atoms with Crippen LogP contribution >= 0.6 is 0 Å². The first kappa shape index (κ1) is 17.6. The van der Waals surface area contributed by atoms with Crippen LogP contribution < -0.4 is 0 Å². The molecule has 3 rings (SSSR count). The molecule has 0 spiro atoms. The van der Waals surface area contributed by atoms with Gasteiger partial charge in [-0.1, -0.05) is 12.1 Å². The second kappa shape index (κ2) is 8.23. The summed E-state index contributed by atoms with van der Waals surface area (Å²) in [6.45, 7) is 4.86. The Hall–Kier alpha value is -2.24. The lowest BCUT2D eigenvalue weighted by Crippen LogP contribution is -2.36. The molecule has 6 heteroatoms. The quantitative estimate of drug-likeness (QED) is 0.773. The number of amides is 1. The van der Waals surface area contributed by atoms with Crippen molar-refractivity contribution in [1.29, 1.82) is 0 Å². The molecule has 0 bridgehead atoms. The van der Waals surface area contributed by atoms with Gasteiger partial charge in [0.15, 0.2) is 5.82 Å². The van der Waals surface area contributed by atoms with Crippen LogP contribution in [0.15, 0.2) is 22.9 Å². The Labute approximate surface area is 148 Å². The van der Waals surface area contributed by atoms with Crippen molar-refractivity contribution in [1.82, 2.24) is 20.0 Å². The Morgan fingerprint density at radius 1 is 1.40 bits per heavy atom. The van der Waals surface area contributed by atoms with Gasteiger partial charge in [0.1, 0.15) is 0 Å². The zero-order valence-electron chi connectivity index (χ0n) is 15.1. The molecule has 1 aliphatic heterocycles. The summed E-state index contributed by atoms with van der Waals surface area (Å²) in [7, 11) is 0. The molecule has 1 saturated heterocycles. The monoisotopic (exact) mass is 342 g/mol. The molecule has 134 valence electrons. The number of hydrogen-bond donors (Lipinski definition) is 0. The fourth-order valence-corrected chi connectivity index (χ4v) is 3.45. The second-order valence-corrected chi connectivity index (χ2v) is 6.69. The van der Waals surface area contributed by atoms with Crippen LogP contribution in [0.2, 0.25) is 0 Å². The van der Waals surface area contributed by atoms with Gasteiger partial charge < -0.3 is 9.42 Å². The van der Waals surface area contributed by atoms with Crippen molar-refractivity contribution < 1.29 is 9.32 Å². The molecule has 0 N–H and O–H groups in total. The van der Waals surface area contributed by atoms with Crippen molar-refractivity contribution >= 4 is 5.91 Å². The Morgan fingerprint density at radius 2 is 2.28 bits per heavy atom. The number of carbonyl (C=O) groups excluding carboxylic acids is 1. The molecule has 0 radical (unpaired) electrons. The first-order valence-corrected chi connectivity index (χ1v) is 9.18. The first-order chi connectivity index (χ1) is 12.2. The molecular formula is C19H26N4O2. The minimum atomic E-state index is 0.199. The predicted octanol–water partition coefficient (Wildman–Crippen LogP) is 2.89. The third-order valence-electron chi connectivity index (χ3n) is 4.80. The molecule has 1 amide bonds. The van der Waals surface area contributed by atoms with Gasteiger partial charge in [0.05, 0.1) is 0 Å². The highest BCUT2D eigenvalue weighted by atomic mass is 16.5. The summed E-state index contributed by atoms with van der Waals surface area (Å²) in [5.41, 5.74) is 2.34. The second-order valence-electron chi connectivity index (χ2n) is 6.69. The summed E-state index contributed by atoms with van der Waals surface area (Å²) in [4.78, 5) is 23.2. The molecule has 2 aromatic rings. The molecule has 1 unspecified atom stereocenters. The highest BCUT2D eigenvalue weighted by Crippen LogP contribution is 2.23. The Morgan fingerprint density at radius 3 is 3.04 bits per heavy atom. The van der Waals surface area contributed by atoms with Crippen LogP contribution in [0.25, 0.3) is 0 Å². The SMILES string of the molecule is CCc1noc(CCC(=O)N2CCCC2CCc2ccnc(C)c2)n1. The van der Waals surface area contributed by atoms with E-state index in [1.807, 2.05) is 24.9 Å². The van der Waals surface area contributed by atoms with Gasteiger partial charge in [-0.15, -0.1) is 0 Å². The third-order valence-corrected chi connectivity index (χ3v) is 4.80. The maximum atomic E-state index is 12.6. The van der Waals surface area contributed by atoms with Gasteiger partial charge in [-0.05, 0) is 50.3 Å². The van der Waals surface area contributed by atoms with Crippen LogP contribution in [0.4, 0.5) is 0 Å². The van der Waals surface area contributed by atoms with Crippen molar-refractivity contribution in [3.8, 4) is 0 Å². The average Bonchev–Trinajstić information content (AvgIpc) is 3.27. The van der Waals surface area contributed by atoms with Gasteiger partial charge in [0, 0.05) is 43.7 Å². The highest BCUT2D eigenvalue weighted by Gasteiger charge is 2.28. The van der Waals surface area contributed by atoms with Gasteiger partial charge in [-0.2, -0.15) is 4.98 Å². The smallest absolute Gasteiger partial charge is 0.227 e. The number of pyridine rings is 1. The summed E-state index contributed by atoms with van der Waals surface area (Å²) in [6, 6.07) is 4.53. The van der Waals surface area contributed by atoms with Crippen LogP contribution in [0, 0.1) is 6.92 Å². The molecule has 2 aromatic heterocycles. The highest BCUT2D eigenvalue weighted by molar-refractivity contribution is 5.77. The van der Waals surface area contributed by atoms with Crippen molar-refractivity contribution in [2.75, 3.05) is 6.54 Å². The van der Waals surface area contributed by atoms with Crippen molar-refractivity contribution in [3.63, 3.8) is 0 Å². The molecule has 0 saturated carbocycles. The van der Waals surface area contributed by atoms with Crippen molar-refractivity contribution in [3.05, 3.63) is 41.3 Å². The number of likely N-dealkylation sites (tertiary alicyclic amines) is 1. The minimum absolute atomic E-state index is 0.199. The third kappa shape index (κ3) is 4.65. The topological polar surface area (TPSA) is 72.1 Å². The van der Waals surface area contributed by atoms with E-state index in [-0.39, 0.29) is 5.91 Å². The summed E-state index contributed by atoms with van der Waals surface area (Å²) in [5, 5.41) is 3.88. The lowest BCUT2D eigenvalue weighted by molar-refractivity contribution is -0.132. The van der Waals surface area contributed by atoms with Gasteiger partial charge in [0.25, 0.3) is 0 Å². The fourth-order valence-electron chi connectivity index (χ4n) is 3.45. The maximum Gasteiger partial charge on any atom is 0.227 e. The van der Waals surface area contributed by atoms with E-state index in [9.17, 15) is 4.79 Å². The van der Waals surface area contributed by atoms with E-state index in [0.717, 1.165) is 44.3 Å². The number of rotatable bonds is 7. The maximum absolute atomic E-state index is 12.6. The van der Waals surface area contributed by atoms with Gasteiger partial charge >= 0.3 is 0 Å². The first-order valence-electron chi connectivity index (χ1n) is 9.18. The van der Waals surface area contributed by atoms with Crippen LogP contribution in [-0.4, -0.2) is 38.5 Å². The standard InChI is InChI=1S/C19H26N4O2/c1-3-17-21-18(25-22-17)8-9-19(24)23-12-4-5-16(23)7-6-15-10-11-20-14(2)13-15/h10-11,13,16H,3-9,12H2,1-2H3. The van der Waals surface area contributed by atoms with Crippen LogP contribution in [0.5, 0.6) is 0 Å². The summed E-state index contributed by atoms with van der Waals surface area (Å²) >= 11 is 0. The zero-order chi connectivity index (χ0) is 17.6. The minimum Gasteiger partial charge on any atom is -0.340 e. The van der Waals surface area contributed by atoms with E-state index in [0.29, 0.717) is 30.6 Å². The summed E-state index contributed by atoms with van der Waals surface area (Å²) in [5.74, 6) is 1.46. The number of carbonyl (C=O) groups is 1. The van der Waals surface area contributed by atoms with E-state index in [1.54, 1.807) is 0 Å². The van der Waals surface area contributed by atoms with E-state index in [2.05, 4.69) is 27.3 Å². The average molecular weight is 342 g/mol. The Kier molecular flexibility index (Phi) is 5.79. The summed E-state index contributed by atoms with van der Waals surface area (Å²) < 4.78 is 5.17. The van der Waals surface area contributed by atoms with E-state index in [4.69, 9.17) is 4.52 Å². The van der Waals surface area contributed by atoms with Gasteiger partial charge in [-0.3, -0.25) is 9.78 Å². The van der Waals surface area contributed by atoms with Crippen LogP contribution in [0.1, 0.15) is 55.6 Å². The van der Waals surface area contributed by atoms with E-state index >= 15 is 0 Å². The van der Waals surface area contributed by atoms with Crippen molar-refractivity contribution in [2.45, 2.75) is 64.8 Å². The summed E-state index contributed by atoms with van der Waals surface area (Å²) in [6.07, 6.45) is 7.76. The lowest BCUT2D eigenvalue weighted by atomic mass is 10.0. The molecule has 0 aliphatic carbocycles. The largest absolute Gasteiger partial charge is 0.340 e. The van der Waals surface area contributed by atoms with Gasteiger partial charge in [0.2, 0.25) is 11.8 Å². The Balaban J connectivity index is 1.50. The molecule has 3 heterocycles. The Bertz CT molecular complexity index is 713. The van der Waals surface area contributed by atoms with Crippen molar-refractivity contribution in [2.24, 2.45) is 0 Å². The van der Waals surface area contributed by atoms with E-state index < -0.39 is 0 Å². The van der Waals surface area contributed by atoms with Crippen LogP contribution in [-0.2, 0) is 24.1 Å². The van der Waals surface area contributed by atoms with Crippen LogP contribution in [0.3, 0.4) is 0 Å². The molecular weight excluding hydrogens is 316 g/mol. The predicted molar refractivity (Wildman–Crippen MR) is 94.0 cm³/mol. The fraction of sp³-hybridized carbons (Fsp3) is 0.579. The zero-order valence-corrected chi connectivity index (χ0v) is 15.1. The molecule has 1 fully saturated rings. The number of hydrogen-bond acceptors (Lipinski definition) is 5. The number of aryl methyl sites for hydroxylation is 4. The molecule has 0 aromatic carbocycles. The molecule has 6 nitrogen and oxygen atoms in total. The molecule has 1 atom stereocenters. The normalized spacial score (nSPS) is 17.2.